The van der Waals surface area contributed by atoms with Crippen molar-refractivity contribution in [2.75, 3.05) is 17.2 Å². The lowest BCUT2D eigenvalue weighted by Crippen LogP contribution is -2.57. The lowest BCUT2D eigenvalue weighted by Gasteiger charge is -2.44. The Labute approximate surface area is 113 Å². The maximum absolute atomic E-state index is 12.8. The number of carbonyl (C=O) groups excluding carboxylic acids is 1. The summed E-state index contributed by atoms with van der Waals surface area (Å²) in [5, 5.41) is 0. The Balaban J connectivity index is 2.06. The third-order valence-electron chi connectivity index (χ3n) is 4.19. The average molecular weight is 260 g/mol. The predicted molar refractivity (Wildman–Crippen MR) is 75.3 cm³/mol. The van der Waals surface area contributed by atoms with Gasteiger partial charge in [0.1, 0.15) is 5.75 Å². The molecule has 1 saturated carbocycles. The summed E-state index contributed by atoms with van der Waals surface area (Å²) in [6, 6.07) is 5.54. The zero-order chi connectivity index (χ0) is 13.5. The van der Waals surface area contributed by atoms with E-state index in [1.165, 1.54) is 6.42 Å². The molecule has 0 saturated heterocycles. The monoisotopic (exact) mass is 260 g/mol. The van der Waals surface area contributed by atoms with Crippen LogP contribution in [0.5, 0.6) is 5.75 Å². The van der Waals surface area contributed by atoms with Gasteiger partial charge in [-0.15, -0.1) is 0 Å². The van der Waals surface area contributed by atoms with Crippen molar-refractivity contribution < 1.29 is 9.53 Å². The van der Waals surface area contributed by atoms with Crippen LogP contribution in [0.25, 0.3) is 0 Å². The van der Waals surface area contributed by atoms with Gasteiger partial charge in [-0.3, -0.25) is 4.79 Å². The molecule has 1 fully saturated rings. The molecule has 2 aliphatic rings. The number of hydrogen-bond donors (Lipinski definition) is 1. The average Bonchev–Trinajstić information content (AvgIpc) is 2.42. The maximum Gasteiger partial charge on any atom is 0.271 e. The highest BCUT2D eigenvalue weighted by atomic mass is 16.5. The third kappa shape index (κ3) is 1.86. The van der Waals surface area contributed by atoms with Crippen LogP contribution in [0.4, 0.5) is 11.4 Å². The molecule has 3 rings (SSSR count). The molecule has 1 amide bonds. The Hall–Kier alpha value is -1.71. The van der Waals surface area contributed by atoms with Gasteiger partial charge in [-0.25, -0.2) is 0 Å². The molecule has 0 unspecified atom stereocenters. The Morgan fingerprint density at radius 1 is 1.32 bits per heavy atom. The molecule has 2 N–H and O–H groups in total. The van der Waals surface area contributed by atoms with Crippen LogP contribution in [0.2, 0.25) is 0 Å². The normalized spacial score (nSPS) is 21.1. The van der Waals surface area contributed by atoms with Gasteiger partial charge in [0.15, 0.2) is 5.60 Å². The van der Waals surface area contributed by atoms with E-state index in [-0.39, 0.29) is 5.91 Å². The van der Waals surface area contributed by atoms with E-state index in [0.717, 1.165) is 37.1 Å². The quantitative estimate of drug-likeness (QED) is 0.790. The van der Waals surface area contributed by atoms with Crippen molar-refractivity contribution in [1.82, 2.24) is 0 Å². The van der Waals surface area contributed by atoms with Crippen LogP contribution in [0.15, 0.2) is 18.2 Å². The first kappa shape index (κ1) is 12.3. The molecule has 1 aromatic rings. The summed E-state index contributed by atoms with van der Waals surface area (Å²) in [5.41, 5.74) is 6.66. The SMILES string of the molecule is CCN1C(=O)C2(CCCCC2)Oc2ccc(N)cc21. The Kier molecular flexibility index (Phi) is 2.88. The van der Waals surface area contributed by atoms with Crippen molar-refractivity contribution in [1.29, 1.82) is 0 Å². The largest absolute Gasteiger partial charge is 0.475 e. The minimum atomic E-state index is -0.628. The van der Waals surface area contributed by atoms with Crippen molar-refractivity contribution in [2.24, 2.45) is 0 Å². The second-order valence-electron chi connectivity index (χ2n) is 5.43. The number of nitrogens with two attached hydrogens (primary N) is 1. The number of likely N-dealkylation sites (N-methyl/N-ethyl adjacent to an activating group) is 1. The number of nitrogens with zero attached hydrogens (tertiary/aromatic N) is 1. The van der Waals surface area contributed by atoms with Crippen LogP contribution in [0, 0.1) is 0 Å². The van der Waals surface area contributed by atoms with Gasteiger partial charge in [0.25, 0.3) is 5.91 Å². The summed E-state index contributed by atoms with van der Waals surface area (Å²) in [5.74, 6) is 0.894. The van der Waals surface area contributed by atoms with Crippen molar-refractivity contribution in [3.63, 3.8) is 0 Å². The van der Waals surface area contributed by atoms with Crippen LogP contribution >= 0.6 is 0 Å². The first-order valence-corrected chi connectivity index (χ1v) is 7.07. The molecule has 0 radical (unpaired) electrons. The van der Waals surface area contributed by atoms with Crippen LogP contribution in [-0.4, -0.2) is 18.1 Å². The summed E-state index contributed by atoms with van der Waals surface area (Å²) in [4.78, 5) is 14.6. The molecular formula is C15H20N2O2. The molecule has 1 heterocycles. The molecule has 1 spiro atoms. The highest BCUT2D eigenvalue weighted by Crippen LogP contribution is 2.44. The van der Waals surface area contributed by atoms with E-state index in [4.69, 9.17) is 10.5 Å². The molecule has 1 aromatic carbocycles. The van der Waals surface area contributed by atoms with E-state index in [1.54, 1.807) is 0 Å². The van der Waals surface area contributed by atoms with Crippen LogP contribution in [-0.2, 0) is 4.79 Å². The standard InChI is InChI=1S/C15H20N2O2/c1-2-17-12-10-11(16)6-7-13(12)19-15(14(17)18)8-4-3-5-9-15/h6-7,10H,2-5,8-9,16H2,1H3. The molecule has 0 bridgehead atoms. The van der Waals surface area contributed by atoms with E-state index in [0.29, 0.717) is 12.2 Å². The molecule has 1 aliphatic carbocycles. The molecule has 1 aliphatic heterocycles. The van der Waals surface area contributed by atoms with E-state index in [9.17, 15) is 4.79 Å². The molecule has 102 valence electrons. The zero-order valence-corrected chi connectivity index (χ0v) is 11.3. The van der Waals surface area contributed by atoms with Gasteiger partial charge in [-0.2, -0.15) is 0 Å². The minimum absolute atomic E-state index is 0.104. The minimum Gasteiger partial charge on any atom is -0.475 e. The summed E-state index contributed by atoms with van der Waals surface area (Å²) in [7, 11) is 0. The van der Waals surface area contributed by atoms with Crippen LogP contribution in [0.1, 0.15) is 39.0 Å². The van der Waals surface area contributed by atoms with Gasteiger partial charge in [0.05, 0.1) is 5.69 Å². The maximum atomic E-state index is 12.8. The van der Waals surface area contributed by atoms with Gasteiger partial charge < -0.3 is 15.4 Å². The number of amides is 1. The fourth-order valence-electron chi connectivity index (χ4n) is 3.19. The van der Waals surface area contributed by atoms with Crippen LogP contribution < -0.4 is 15.4 Å². The van der Waals surface area contributed by atoms with E-state index >= 15 is 0 Å². The molecule has 4 nitrogen and oxygen atoms in total. The van der Waals surface area contributed by atoms with Crippen molar-refractivity contribution >= 4 is 17.3 Å². The molecule has 19 heavy (non-hydrogen) atoms. The van der Waals surface area contributed by atoms with Crippen molar-refractivity contribution in [2.45, 2.75) is 44.6 Å². The summed E-state index contributed by atoms with van der Waals surface area (Å²) in [6.07, 6.45) is 4.97. The second-order valence-corrected chi connectivity index (χ2v) is 5.43. The molecular weight excluding hydrogens is 240 g/mol. The fourth-order valence-corrected chi connectivity index (χ4v) is 3.19. The molecule has 4 heteroatoms. The first-order valence-electron chi connectivity index (χ1n) is 7.07. The lowest BCUT2D eigenvalue weighted by molar-refractivity contribution is -0.138. The first-order chi connectivity index (χ1) is 9.16. The Morgan fingerprint density at radius 3 is 2.74 bits per heavy atom. The molecule has 0 atom stereocenters. The van der Waals surface area contributed by atoms with E-state index < -0.39 is 5.60 Å². The van der Waals surface area contributed by atoms with E-state index in [1.807, 2.05) is 30.0 Å². The summed E-state index contributed by atoms with van der Waals surface area (Å²) in [6.45, 7) is 2.65. The van der Waals surface area contributed by atoms with Gasteiger partial charge >= 0.3 is 0 Å². The number of hydrogen-bond acceptors (Lipinski definition) is 3. The van der Waals surface area contributed by atoms with Crippen molar-refractivity contribution in [3.05, 3.63) is 18.2 Å². The number of anilines is 2. The number of ether oxygens (including phenoxy) is 1. The fraction of sp³-hybridized carbons (Fsp3) is 0.533. The van der Waals surface area contributed by atoms with Gasteiger partial charge in [-0.1, -0.05) is 6.42 Å². The number of benzene rings is 1. The highest BCUT2D eigenvalue weighted by Gasteiger charge is 2.48. The highest BCUT2D eigenvalue weighted by molar-refractivity contribution is 6.03. The number of fused-ring (bicyclic) bond motifs is 1. The van der Waals surface area contributed by atoms with Crippen molar-refractivity contribution in [3.8, 4) is 5.75 Å². The van der Waals surface area contributed by atoms with Gasteiger partial charge in [-0.05, 0) is 50.8 Å². The summed E-state index contributed by atoms with van der Waals surface area (Å²) >= 11 is 0. The Bertz CT molecular complexity index is 507. The predicted octanol–water partition coefficient (Wildman–Crippen LogP) is 2.72. The second kappa shape index (κ2) is 4.44. The third-order valence-corrected chi connectivity index (χ3v) is 4.19. The number of rotatable bonds is 1. The number of nitrogen functional groups attached to an aromatic ring is 1. The van der Waals surface area contributed by atoms with E-state index in [2.05, 4.69) is 0 Å². The van der Waals surface area contributed by atoms with Crippen LogP contribution in [0.3, 0.4) is 0 Å². The topological polar surface area (TPSA) is 55.6 Å². The summed E-state index contributed by atoms with van der Waals surface area (Å²) < 4.78 is 6.11. The molecule has 0 aromatic heterocycles. The van der Waals surface area contributed by atoms with Gasteiger partial charge in [0.2, 0.25) is 0 Å². The smallest absolute Gasteiger partial charge is 0.271 e. The lowest BCUT2D eigenvalue weighted by atomic mass is 9.82. The van der Waals surface area contributed by atoms with Gasteiger partial charge in [0, 0.05) is 12.2 Å². The zero-order valence-electron chi connectivity index (χ0n) is 11.3. The number of carbonyl (C=O) groups is 1. The Morgan fingerprint density at radius 2 is 2.05 bits per heavy atom.